The molecule has 11 rings (SSSR count). The molecule has 4 nitrogen and oxygen atoms in total. The first-order chi connectivity index (χ1) is 24.8. The maximum atomic E-state index is 6.93. The molecule has 0 saturated carbocycles. The first-order valence-corrected chi connectivity index (χ1v) is 16.9. The van der Waals surface area contributed by atoms with Crippen LogP contribution in [-0.4, -0.2) is 9.13 Å². The van der Waals surface area contributed by atoms with Gasteiger partial charge in [0.1, 0.15) is 22.2 Å². The summed E-state index contributed by atoms with van der Waals surface area (Å²) in [6, 6.07) is 59.7. The van der Waals surface area contributed by atoms with Crippen LogP contribution in [0.5, 0.6) is 0 Å². The van der Waals surface area contributed by atoms with Crippen molar-refractivity contribution in [1.29, 1.82) is 0 Å². The Balaban J connectivity index is 1.18. The van der Waals surface area contributed by atoms with E-state index in [4.69, 9.17) is 8.83 Å². The average molecular weight is 641 g/mol. The summed E-state index contributed by atoms with van der Waals surface area (Å²) >= 11 is 0. The lowest BCUT2D eigenvalue weighted by molar-refractivity contribution is 0.673. The molecule has 0 bridgehead atoms. The summed E-state index contributed by atoms with van der Waals surface area (Å²) in [6.45, 7) is 0. The van der Waals surface area contributed by atoms with E-state index in [0.717, 1.165) is 99.6 Å². The summed E-state index contributed by atoms with van der Waals surface area (Å²) in [5, 5.41) is 4.36. The van der Waals surface area contributed by atoms with Gasteiger partial charge >= 0.3 is 0 Å². The molecule has 4 aromatic heterocycles. The van der Waals surface area contributed by atoms with E-state index in [1.807, 2.05) is 0 Å². The number of furan rings is 2. The number of rotatable bonds is 4. The van der Waals surface area contributed by atoms with Gasteiger partial charge in [0.2, 0.25) is 0 Å². The van der Waals surface area contributed by atoms with E-state index in [9.17, 15) is 0 Å². The fourth-order valence-electron chi connectivity index (χ4n) is 8.05. The molecular weight excluding hydrogens is 613 g/mol. The van der Waals surface area contributed by atoms with Crippen molar-refractivity contribution < 1.29 is 8.83 Å². The molecular formula is C46H28N2O2. The highest BCUT2D eigenvalue weighted by Gasteiger charge is 2.24. The molecule has 0 amide bonds. The lowest BCUT2D eigenvalue weighted by Gasteiger charge is -2.12. The van der Waals surface area contributed by atoms with Gasteiger partial charge in [-0.25, -0.2) is 0 Å². The Bertz CT molecular complexity index is 2870. The topological polar surface area (TPSA) is 36.1 Å². The van der Waals surface area contributed by atoms with Crippen LogP contribution in [0, 0.1) is 0 Å². The number of nitrogens with zero attached hydrogens (tertiary/aromatic N) is 2. The summed E-state index contributed by atoms with van der Waals surface area (Å²) in [7, 11) is 0. The number of fused-ring (bicyclic) bond motifs is 10. The SMILES string of the molecule is c1ccc(-n2c3ccccc3c3oc4c(-c5ccccc5-c5cccc6c5oc5c7ccccc7n(-c7ccccc7)c65)cccc4c32)cc1. The van der Waals surface area contributed by atoms with Crippen LogP contribution < -0.4 is 0 Å². The van der Waals surface area contributed by atoms with Gasteiger partial charge in [-0.3, -0.25) is 0 Å². The van der Waals surface area contributed by atoms with E-state index in [1.54, 1.807) is 0 Å². The van der Waals surface area contributed by atoms with E-state index < -0.39 is 0 Å². The number of aromatic nitrogens is 2. The number of para-hydroxylation sites is 6. The van der Waals surface area contributed by atoms with Crippen LogP contribution in [0.2, 0.25) is 0 Å². The zero-order valence-electron chi connectivity index (χ0n) is 26.9. The van der Waals surface area contributed by atoms with Gasteiger partial charge < -0.3 is 18.0 Å². The van der Waals surface area contributed by atoms with Gasteiger partial charge in [0.15, 0.2) is 11.2 Å². The van der Waals surface area contributed by atoms with E-state index >= 15 is 0 Å². The summed E-state index contributed by atoms with van der Waals surface area (Å²) in [4.78, 5) is 0. The second kappa shape index (κ2) is 10.4. The Labute approximate surface area is 286 Å². The Morgan fingerprint density at radius 2 is 0.640 bits per heavy atom. The maximum Gasteiger partial charge on any atom is 0.161 e. The monoisotopic (exact) mass is 640 g/mol. The van der Waals surface area contributed by atoms with Crippen LogP contribution in [0.3, 0.4) is 0 Å². The van der Waals surface area contributed by atoms with Crippen molar-refractivity contribution in [3.8, 4) is 33.6 Å². The summed E-state index contributed by atoms with van der Waals surface area (Å²) in [5.74, 6) is 0. The highest BCUT2D eigenvalue weighted by molar-refractivity contribution is 6.21. The van der Waals surface area contributed by atoms with Gasteiger partial charge in [-0.05, 0) is 71.8 Å². The fraction of sp³-hybridized carbons (Fsp3) is 0. The van der Waals surface area contributed by atoms with Gasteiger partial charge in [0.05, 0.1) is 11.0 Å². The minimum absolute atomic E-state index is 0.874. The summed E-state index contributed by atoms with van der Waals surface area (Å²) in [6.07, 6.45) is 0. The predicted octanol–water partition coefficient (Wildman–Crippen LogP) is 12.7. The molecule has 0 fully saturated rings. The van der Waals surface area contributed by atoms with E-state index in [1.165, 1.54) is 0 Å². The molecule has 0 N–H and O–H groups in total. The third kappa shape index (κ3) is 3.70. The smallest absolute Gasteiger partial charge is 0.161 e. The lowest BCUT2D eigenvalue weighted by atomic mass is 9.93. The Morgan fingerprint density at radius 1 is 0.280 bits per heavy atom. The molecule has 4 heteroatoms. The normalized spacial score (nSPS) is 12.0. The number of benzene rings is 7. The zero-order valence-corrected chi connectivity index (χ0v) is 26.9. The largest absolute Gasteiger partial charge is 0.453 e. The molecule has 0 spiro atoms. The third-order valence-electron chi connectivity index (χ3n) is 10.1. The minimum atomic E-state index is 0.874. The number of hydrogen-bond acceptors (Lipinski definition) is 2. The van der Waals surface area contributed by atoms with Crippen molar-refractivity contribution in [1.82, 2.24) is 9.13 Å². The minimum Gasteiger partial charge on any atom is -0.453 e. The lowest BCUT2D eigenvalue weighted by Crippen LogP contribution is -1.93. The summed E-state index contributed by atoms with van der Waals surface area (Å²) < 4.78 is 18.5. The van der Waals surface area contributed by atoms with Crippen molar-refractivity contribution >= 4 is 65.9 Å². The van der Waals surface area contributed by atoms with Crippen LogP contribution in [0.15, 0.2) is 179 Å². The van der Waals surface area contributed by atoms with Crippen LogP contribution in [0.4, 0.5) is 0 Å². The standard InChI is InChI=1S/C46H28N2O2/c1-3-15-29(16-4-1)47-39-27-11-9-21-35(39)45-41(47)37-25-13-23-33(43(37)49-45)31-19-7-8-20-32(31)34-24-14-26-38-42-46(50-44(34)38)36-22-10-12-28-40(36)48(42)30-17-5-2-6-18-30/h1-28H. The Morgan fingerprint density at radius 3 is 1.10 bits per heavy atom. The molecule has 0 aliphatic heterocycles. The molecule has 0 unspecified atom stereocenters. The second-order valence-electron chi connectivity index (χ2n) is 12.8. The fourth-order valence-corrected chi connectivity index (χ4v) is 8.05. The van der Waals surface area contributed by atoms with Crippen molar-refractivity contribution in [2.75, 3.05) is 0 Å². The van der Waals surface area contributed by atoms with Crippen molar-refractivity contribution in [3.63, 3.8) is 0 Å². The average Bonchev–Trinajstić information content (AvgIpc) is 3.92. The molecule has 7 aromatic carbocycles. The first kappa shape index (κ1) is 27.2. The third-order valence-corrected chi connectivity index (χ3v) is 10.1. The molecule has 4 heterocycles. The van der Waals surface area contributed by atoms with E-state index in [-0.39, 0.29) is 0 Å². The molecule has 50 heavy (non-hydrogen) atoms. The Kier molecular flexibility index (Phi) is 5.63. The molecule has 234 valence electrons. The molecule has 0 radical (unpaired) electrons. The van der Waals surface area contributed by atoms with Gasteiger partial charge in [-0.15, -0.1) is 0 Å². The van der Waals surface area contributed by atoms with Crippen LogP contribution in [0.1, 0.15) is 0 Å². The predicted molar refractivity (Wildman–Crippen MR) is 206 cm³/mol. The van der Waals surface area contributed by atoms with E-state index in [0.29, 0.717) is 0 Å². The first-order valence-electron chi connectivity index (χ1n) is 16.9. The van der Waals surface area contributed by atoms with Crippen LogP contribution in [0.25, 0.3) is 99.6 Å². The van der Waals surface area contributed by atoms with Crippen LogP contribution >= 0.6 is 0 Å². The second-order valence-corrected chi connectivity index (χ2v) is 12.8. The molecule has 0 saturated heterocycles. The highest BCUT2D eigenvalue weighted by atomic mass is 16.3. The quantitative estimate of drug-likeness (QED) is 0.192. The zero-order chi connectivity index (χ0) is 32.8. The van der Waals surface area contributed by atoms with Crippen molar-refractivity contribution in [3.05, 3.63) is 170 Å². The van der Waals surface area contributed by atoms with Gasteiger partial charge in [-0.2, -0.15) is 0 Å². The molecule has 0 atom stereocenters. The van der Waals surface area contributed by atoms with Gasteiger partial charge in [-0.1, -0.05) is 109 Å². The van der Waals surface area contributed by atoms with Gasteiger partial charge in [0, 0.05) is 44.0 Å². The van der Waals surface area contributed by atoms with Gasteiger partial charge in [0.25, 0.3) is 0 Å². The van der Waals surface area contributed by atoms with Crippen molar-refractivity contribution in [2.45, 2.75) is 0 Å². The molecule has 0 aliphatic rings. The number of hydrogen-bond donors (Lipinski definition) is 0. The molecule has 0 aliphatic carbocycles. The van der Waals surface area contributed by atoms with E-state index in [2.05, 4.69) is 179 Å². The summed E-state index contributed by atoms with van der Waals surface area (Å²) in [5.41, 5.74) is 14.4. The Hall–Kier alpha value is -6.78. The maximum absolute atomic E-state index is 6.93. The van der Waals surface area contributed by atoms with Crippen LogP contribution in [-0.2, 0) is 0 Å². The highest BCUT2D eigenvalue weighted by Crippen LogP contribution is 2.46. The molecule has 11 aromatic rings. The van der Waals surface area contributed by atoms with Crippen molar-refractivity contribution in [2.24, 2.45) is 0 Å².